The zero-order chi connectivity index (χ0) is 11.5. The van der Waals surface area contributed by atoms with E-state index in [1.54, 1.807) is 11.2 Å². The molecule has 1 saturated heterocycles. The van der Waals surface area contributed by atoms with Crippen LogP contribution in [-0.4, -0.2) is 29.2 Å². The first-order valence-electron chi connectivity index (χ1n) is 5.50. The molecule has 0 aliphatic carbocycles. The van der Waals surface area contributed by atoms with Gasteiger partial charge in [0.25, 0.3) is 0 Å². The minimum atomic E-state index is -0.0599. The van der Waals surface area contributed by atoms with Crippen LogP contribution in [0, 0.1) is 0 Å². The Morgan fingerprint density at radius 1 is 1.50 bits per heavy atom. The first-order chi connectivity index (χ1) is 7.66. The number of ketones is 1. The van der Waals surface area contributed by atoms with Crippen LogP contribution in [0.5, 0.6) is 0 Å². The molecule has 0 radical (unpaired) electrons. The van der Waals surface area contributed by atoms with Crippen molar-refractivity contribution in [3.05, 3.63) is 24.2 Å². The average Bonchev–Trinajstić information content (AvgIpc) is 2.70. The summed E-state index contributed by atoms with van der Waals surface area (Å²) in [5.41, 5.74) is 0. The molecule has 1 aliphatic heterocycles. The van der Waals surface area contributed by atoms with Gasteiger partial charge < -0.3 is 9.32 Å². The second-order valence-electron chi connectivity index (χ2n) is 4.19. The molecular formula is C12H15NO3. The van der Waals surface area contributed by atoms with Gasteiger partial charge in [-0.25, -0.2) is 0 Å². The van der Waals surface area contributed by atoms with Crippen LogP contribution in [-0.2, 0) is 16.0 Å². The van der Waals surface area contributed by atoms with E-state index in [-0.39, 0.29) is 24.2 Å². The maximum atomic E-state index is 11.6. The summed E-state index contributed by atoms with van der Waals surface area (Å²) in [5.74, 6) is 0.860. The molecule has 0 N–H and O–H groups in total. The van der Waals surface area contributed by atoms with Crippen LogP contribution < -0.4 is 0 Å². The van der Waals surface area contributed by atoms with Gasteiger partial charge in [0, 0.05) is 25.4 Å². The Hall–Kier alpha value is -1.58. The summed E-state index contributed by atoms with van der Waals surface area (Å²) < 4.78 is 5.25. The molecule has 16 heavy (non-hydrogen) atoms. The number of piperidine rings is 1. The molecule has 2 heterocycles. The standard InChI is InChI=1S/C12H15NO3/c1-9(7-11-3-2-6-16-11)13-5-4-10(14)8-12(13)15/h2-3,6,9H,4-5,7-8H2,1H3. The van der Waals surface area contributed by atoms with Gasteiger partial charge in [-0.3, -0.25) is 9.59 Å². The molecule has 0 bridgehead atoms. The number of amides is 1. The number of hydrogen-bond acceptors (Lipinski definition) is 3. The molecule has 86 valence electrons. The van der Waals surface area contributed by atoms with E-state index in [0.717, 1.165) is 5.76 Å². The molecule has 1 unspecified atom stereocenters. The fraction of sp³-hybridized carbons (Fsp3) is 0.500. The van der Waals surface area contributed by atoms with E-state index >= 15 is 0 Å². The number of hydrogen-bond donors (Lipinski definition) is 0. The molecule has 1 aromatic heterocycles. The van der Waals surface area contributed by atoms with E-state index in [2.05, 4.69) is 0 Å². The van der Waals surface area contributed by atoms with Crippen LogP contribution in [0.25, 0.3) is 0 Å². The van der Waals surface area contributed by atoms with Gasteiger partial charge >= 0.3 is 0 Å². The van der Waals surface area contributed by atoms with Crippen LogP contribution in [0.3, 0.4) is 0 Å². The minimum absolute atomic E-state index is 0.0476. The lowest BCUT2D eigenvalue weighted by Gasteiger charge is -2.31. The van der Waals surface area contributed by atoms with Gasteiger partial charge in [0.2, 0.25) is 5.91 Å². The number of furan rings is 1. The van der Waals surface area contributed by atoms with E-state index in [1.165, 1.54) is 0 Å². The summed E-state index contributed by atoms with van der Waals surface area (Å²) in [6.45, 7) is 2.52. The van der Waals surface area contributed by atoms with Gasteiger partial charge in [-0.2, -0.15) is 0 Å². The normalized spacial score (nSPS) is 18.9. The maximum absolute atomic E-state index is 11.6. The molecule has 1 aromatic rings. The van der Waals surface area contributed by atoms with E-state index in [9.17, 15) is 9.59 Å². The van der Waals surface area contributed by atoms with E-state index in [1.807, 2.05) is 19.1 Å². The van der Waals surface area contributed by atoms with Crippen molar-refractivity contribution in [2.24, 2.45) is 0 Å². The number of carbonyl (C=O) groups excluding carboxylic acids is 2. The Balaban J connectivity index is 1.96. The van der Waals surface area contributed by atoms with Crippen molar-refractivity contribution in [2.75, 3.05) is 6.54 Å². The molecule has 4 nitrogen and oxygen atoms in total. The molecular weight excluding hydrogens is 206 g/mol. The van der Waals surface area contributed by atoms with Gasteiger partial charge in [-0.05, 0) is 19.1 Å². The van der Waals surface area contributed by atoms with Crippen molar-refractivity contribution in [3.63, 3.8) is 0 Å². The van der Waals surface area contributed by atoms with Crippen molar-refractivity contribution >= 4 is 11.7 Å². The molecule has 4 heteroatoms. The predicted molar refractivity (Wildman–Crippen MR) is 57.8 cm³/mol. The first kappa shape index (κ1) is 10.9. The summed E-state index contributed by atoms with van der Waals surface area (Å²) >= 11 is 0. The maximum Gasteiger partial charge on any atom is 0.230 e. The van der Waals surface area contributed by atoms with E-state index in [4.69, 9.17) is 4.42 Å². The van der Waals surface area contributed by atoms with Crippen molar-refractivity contribution in [1.82, 2.24) is 4.90 Å². The average molecular weight is 221 g/mol. The fourth-order valence-electron chi connectivity index (χ4n) is 2.02. The Morgan fingerprint density at radius 3 is 2.94 bits per heavy atom. The highest BCUT2D eigenvalue weighted by Crippen LogP contribution is 2.15. The number of Topliss-reactive ketones (excluding diaryl/α,β-unsaturated/α-hetero) is 1. The van der Waals surface area contributed by atoms with Crippen molar-refractivity contribution < 1.29 is 14.0 Å². The number of likely N-dealkylation sites (tertiary alicyclic amines) is 1. The van der Waals surface area contributed by atoms with Crippen molar-refractivity contribution in [3.8, 4) is 0 Å². The summed E-state index contributed by atoms with van der Waals surface area (Å²) in [4.78, 5) is 24.5. The van der Waals surface area contributed by atoms with Crippen molar-refractivity contribution in [1.29, 1.82) is 0 Å². The van der Waals surface area contributed by atoms with Crippen LogP contribution in [0.2, 0.25) is 0 Å². The third-order valence-electron chi connectivity index (χ3n) is 2.91. The van der Waals surface area contributed by atoms with Crippen LogP contribution >= 0.6 is 0 Å². The highest BCUT2D eigenvalue weighted by Gasteiger charge is 2.27. The third-order valence-corrected chi connectivity index (χ3v) is 2.91. The largest absolute Gasteiger partial charge is 0.469 e. The Bertz CT molecular complexity index is 383. The molecule has 0 aromatic carbocycles. The van der Waals surface area contributed by atoms with Crippen LogP contribution in [0.15, 0.2) is 22.8 Å². The molecule has 0 saturated carbocycles. The molecule has 1 atom stereocenters. The summed E-state index contributed by atoms with van der Waals surface area (Å²) in [5, 5.41) is 0. The summed E-state index contributed by atoms with van der Waals surface area (Å²) in [7, 11) is 0. The van der Waals surface area contributed by atoms with Gasteiger partial charge in [-0.15, -0.1) is 0 Å². The second-order valence-corrected chi connectivity index (χ2v) is 4.19. The number of carbonyl (C=O) groups is 2. The molecule has 0 spiro atoms. The smallest absolute Gasteiger partial charge is 0.230 e. The van der Waals surface area contributed by atoms with E-state index in [0.29, 0.717) is 19.4 Å². The Kier molecular flexibility index (Phi) is 3.08. The highest BCUT2D eigenvalue weighted by molar-refractivity contribution is 6.00. The van der Waals surface area contributed by atoms with Crippen LogP contribution in [0.1, 0.15) is 25.5 Å². The lowest BCUT2D eigenvalue weighted by atomic mass is 10.0. The first-order valence-corrected chi connectivity index (χ1v) is 5.50. The fourth-order valence-corrected chi connectivity index (χ4v) is 2.02. The zero-order valence-electron chi connectivity index (χ0n) is 9.31. The van der Waals surface area contributed by atoms with Gasteiger partial charge in [0.1, 0.15) is 11.5 Å². The highest BCUT2D eigenvalue weighted by atomic mass is 16.3. The minimum Gasteiger partial charge on any atom is -0.469 e. The number of rotatable bonds is 3. The predicted octanol–water partition coefficient (Wildman–Crippen LogP) is 1.40. The quantitative estimate of drug-likeness (QED) is 0.725. The third kappa shape index (κ3) is 2.32. The molecule has 1 fully saturated rings. The van der Waals surface area contributed by atoms with E-state index < -0.39 is 0 Å². The Labute approximate surface area is 94.2 Å². The van der Waals surface area contributed by atoms with Gasteiger partial charge in [0.05, 0.1) is 12.7 Å². The topological polar surface area (TPSA) is 50.5 Å². The number of nitrogens with zero attached hydrogens (tertiary/aromatic N) is 1. The molecule has 1 amide bonds. The summed E-state index contributed by atoms with van der Waals surface area (Å²) in [6.07, 6.45) is 2.87. The monoisotopic (exact) mass is 221 g/mol. The van der Waals surface area contributed by atoms with Gasteiger partial charge in [-0.1, -0.05) is 0 Å². The lowest BCUT2D eigenvalue weighted by Crippen LogP contribution is -2.45. The zero-order valence-corrected chi connectivity index (χ0v) is 9.31. The molecule has 2 rings (SSSR count). The Morgan fingerprint density at radius 2 is 2.31 bits per heavy atom. The summed E-state index contributed by atoms with van der Waals surface area (Å²) in [6, 6.07) is 3.83. The lowest BCUT2D eigenvalue weighted by molar-refractivity contribution is -0.141. The SMILES string of the molecule is CC(Cc1ccco1)N1CCC(=O)CC1=O. The van der Waals surface area contributed by atoms with Crippen LogP contribution in [0.4, 0.5) is 0 Å². The molecule has 1 aliphatic rings. The van der Waals surface area contributed by atoms with Gasteiger partial charge in [0.15, 0.2) is 0 Å². The second kappa shape index (κ2) is 4.51. The van der Waals surface area contributed by atoms with Crippen molar-refractivity contribution in [2.45, 2.75) is 32.2 Å².